The highest BCUT2D eigenvalue weighted by atomic mass is 19.1. The number of nitrogens with one attached hydrogen (secondary N) is 1. The average Bonchev–Trinajstić information content (AvgIpc) is 2.92. The van der Waals surface area contributed by atoms with Crippen LogP contribution in [0.25, 0.3) is 22.4 Å². The number of carbonyl (C=O) groups is 2. The number of nitrogens with zero attached hydrogens (tertiary/aromatic N) is 3. The first-order chi connectivity index (χ1) is 19.6. The van der Waals surface area contributed by atoms with Crippen LogP contribution in [0, 0.1) is 0 Å². The molecule has 2 aliphatic rings. The maximum absolute atomic E-state index is 13.5. The van der Waals surface area contributed by atoms with E-state index in [0.29, 0.717) is 17.1 Å². The van der Waals surface area contributed by atoms with Gasteiger partial charge < -0.3 is 15.0 Å². The lowest BCUT2D eigenvalue weighted by atomic mass is 9.71. The zero-order valence-electron chi connectivity index (χ0n) is 23.8. The van der Waals surface area contributed by atoms with Crippen LogP contribution in [0.1, 0.15) is 51.3 Å². The smallest absolute Gasteiger partial charge is 0.408 e. The van der Waals surface area contributed by atoms with Gasteiger partial charge in [0, 0.05) is 11.1 Å². The van der Waals surface area contributed by atoms with Crippen molar-refractivity contribution in [3.63, 3.8) is 0 Å². The highest BCUT2D eigenvalue weighted by Gasteiger charge is 2.41. The quantitative estimate of drug-likeness (QED) is 0.321. The molecule has 7 nitrogen and oxygen atoms in total. The molecule has 41 heavy (non-hydrogen) atoms. The second-order valence-electron chi connectivity index (χ2n) is 11.6. The lowest BCUT2D eigenvalue weighted by Crippen LogP contribution is -2.52. The number of anilines is 1. The Morgan fingerprint density at radius 1 is 1.00 bits per heavy atom. The topological polar surface area (TPSA) is 74.8 Å². The fraction of sp³-hybridized carbons (Fsp3) is 0.406. The molecule has 0 radical (unpaired) electrons. The third kappa shape index (κ3) is 5.89. The number of fused-ring (bicyclic) bond motifs is 1. The predicted molar refractivity (Wildman–Crippen MR) is 155 cm³/mol. The average molecular weight is 563 g/mol. The molecule has 3 amide bonds. The van der Waals surface area contributed by atoms with Crippen LogP contribution in [0.5, 0.6) is 0 Å². The second-order valence-corrected chi connectivity index (χ2v) is 11.6. The number of ether oxygens (including phenoxy) is 1. The molecule has 0 saturated heterocycles. The van der Waals surface area contributed by atoms with E-state index >= 15 is 0 Å². The Kier molecular flexibility index (Phi) is 7.98. The minimum absolute atomic E-state index is 0.0834. The fourth-order valence-corrected chi connectivity index (χ4v) is 5.51. The number of rotatable bonds is 8. The zero-order valence-corrected chi connectivity index (χ0v) is 23.8. The number of hydrogen-bond acceptors (Lipinski definition) is 4. The first-order valence-corrected chi connectivity index (χ1v) is 14.0. The van der Waals surface area contributed by atoms with Gasteiger partial charge in [-0.25, -0.2) is 23.4 Å². The van der Waals surface area contributed by atoms with E-state index in [1.165, 1.54) is 9.80 Å². The van der Waals surface area contributed by atoms with Gasteiger partial charge in [-0.3, -0.25) is 4.90 Å². The van der Waals surface area contributed by atoms with Crippen LogP contribution in [-0.2, 0) is 16.8 Å². The number of carbonyl (C=O) groups excluding carboxylic acids is 2. The molecular formula is C32H36F2N4O3. The van der Waals surface area contributed by atoms with E-state index in [4.69, 9.17) is 9.72 Å². The van der Waals surface area contributed by atoms with Gasteiger partial charge in [-0.15, -0.1) is 0 Å². The van der Waals surface area contributed by atoms with Crippen molar-refractivity contribution in [2.24, 2.45) is 0 Å². The lowest BCUT2D eigenvalue weighted by molar-refractivity contribution is 0.0377. The molecular weight excluding hydrogens is 526 g/mol. The summed E-state index contributed by atoms with van der Waals surface area (Å²) in [7, 11) is 0. The Bertz CT molecular complexity index is 1400. The van der Waals surface area contributed by atoms with E-state index in [-0.39, 0.29) is 19.6 Å². The summed E-state index contributed by atoms with van der Waals surface area (Å²) in [5.74, 6) is 0. The summed E-state index contributed by atoms with van der Waals surface area (Å²) in [6.07, 6.45) is 2.21. The molecule has 216 valence electrons. The number of alkyl halides is 2. The highest BCUT2D eigenvalue weighted by Crippen LogP contribution is 2.43. The number of urea groups is 1. The second kappa shape index (κ2) is 11.5. The van der Waals surface area contributed by atoms with E-state index in [0.717, 1.165) is 41.5 Å². The van der Waals surface area contributed by atoms with Gasteiger partial charge in [0.1, 0.15) is 19.0 Å². The number of alkyl carbamates (subject to hydrolysis) is 1. The number of pyridine rings is 1. The number of aromatic nitrogens is 1. The Labute approximate surface area is 239 Å². The van der Waals surface area contributed by atoms with Gasteiger partial charge in [-0.05, 0) is 57.2 Å². The minimum atomic E-state index is -0.725. The molecule has 2 aromatic carbocycles. The third-order valence-electron chi connectivity index (χ3n) is 7.62. The van der Waals surface area contributed by atoms with Crippen molar-refractivity contribution < 1.29 is 23.1 Å². The molecule has 3 aromatic rings. The van der Waals surface area contributed by atoms with Crippen molar-refractivity contribution in [2.45, 2.75) is 57.7 Å². The van der Waals surface area contributed by atoms with Gasteiger partial charge in [0.05, 0.1) is 42.2 Å². The standard InChI is InChI=1S/C32H36F2N4O3/c1-31(2,3)41-29(39)36-32(14-7-15-32)24-12-10-23(11-13-24)28-25(22-8-5-4-6-9-22)20-27-26(35-28)21-37(18-16-33)30(40)38(27)19-17-34/h4-6,8-13,20H,7,14-19,21H2,1-3H3,(H,36,39). The summed E-state index contributed by atoms with van der Waals surface area (Å²) < 4.78 is 32.3. The fourth-order valence-electron chi connectivity index (χ4n) is 5.51. The van der Waals surface area contributed by atoms with E-state index < -0.39 is 36.6 Å². The summed E-state index contributed by atoms with van der Waals surface area (Å²) >= 11 is 0. The van der Waals surface area contributed by atoms with Crippen molar-refractivity contribution >= 4 is 17.8 Å². The molecule has 1 saturated carbocycles. The molecule has 2 heterocycles. The van der Waals surface area contributed by atoms with Crippen LogP contribution < -0.4 is 10.2 Å². The maximum atomic E-state index is 13.5. The van der Waals surface area contributed by atoms with Crippen molar-refractivity contribution in [1.29, 1.82) is 0 Å². The monoisotopic (exact) mass is 562 g/mol. The van der Waals surface area contributed by atoms with Gasteiger partial charge in [-0.2, -0.15) is 0 Å². The van der Waals surface area contributed by atoms with Gasteiger partial charge >= 0.3 is 12.1 Å². The largest absolute Gasteiger partial charge is 0.444 e. The molecule has 0 atom stereocenters. The number of hydrogen-bond donors (Lipinski definition) is 1. The molecule has 1 N–H and O–H groups in total. The number of halogens is 2. The SMILES string of the molecule is CC(C)(C)OC(=O)NC1(c2ccc(-c3nc4c(cc3-c3ccccc3)N(CCF)C(=O)N(CCF)C4)cc2)CCC1. The van der Waals surface area contributed by atoms with E-state index in [9.17, 15) is 18.4 Å². The molecule has 0 spiro atoms. The number of amides is 3. The molecule has 1 fully saturated rings. The van der Waals surface area contributed by atoms with Gasteiger partial charge in [-0.1, -0.05) is 54.6 Å². The first-order valence-electron chi connectivity index (χ1n) is 14.0. The summed E-state index contributed by atoms with van der Waals surface area (Å²) in [6, 6.07) is 19.2. The van der Waals surface area contributed by atoms with E-state index in [1.54, 1.807) is 0 Å². The third-order valence-corrected chi connectivity index (χ3v) is 7.62. The summed E-state index contributed by atoms with van der Waals surface area (Å²) in [4.78, 5) is 33.4. The summed E-state index contributed by atoms with van der Waals surface area (Å²) in [5, 5.41) is 3.10. The van der Waals surface area contributed by atoms with Crippen molar-refractivity contribution in [2.75, 3.05) is 31.3 Å². The predicted octanol–water partition coefficient (Wildman–Crippen LogP) is 7.00. The summed E-state index contributed by atoms with van der Waals surface area (Å²) in [5.41, 5.74) is 4.32. The molecule has 5 rings (SSSR count). The van der Waals surface area contributed by atoms with Crippen molar-refractivity contribution in [1.82, 2.24) is 15.2 Å². The van der Waals surface area contributed by atoms with Gasteiger partial charge in [0.2, 0.25) is 0 Å². The van der Waals surface area contributed by atoms with Crippen LogP contribution in [0.4, 0.5) is 24.1 Å². The number of benzene rings is 2. The minimum Gasteiger partial charge on any atom is -0.444 e. The Balaban J connectivity index is 1.54. The first kappa shape index (κ1) is 28.5. The normalized spacial score (nSPS) is 16.2. The van der Waals surface area contributed by atoms with Crippen LogP contribution in [-0.4, -0.2) is 54.0 Å². The van der Waals surface area contributed by atoms with E-state index in [1.807, 2.05) is 81.4 Å². The maximum Gasteiger partial charge on any atom is 0.408 e. The van der Waals surface area contributed by atoms with Gasteiger partial charge in [0.25, 0.3) is 0 Å². The van der Waals surface area contributed by atoms with Crippen LogP contribution >= 0.6 is 0 Å². The lowest BCUT2D eigenvalue weighted by Gasteiger charge is -2.43. The Morgan fingerprint density at radius 2 is 1.68 bits per heavy atom. The van der Waals surface area contributed by atoms with Crippen molar-refractivity contribution in [3.05, 3.63) is 71.9 Å². The highest BCUT2D eigenvalue weighted by molar-refractivity contribution is 5.97. The molecule has 1 aromatic heterocycles. The Morgan fingerprint density at radius 3 is 2.27 bits per heavy atom. The summed E-state index contributed by atoms with van der Waals surface area (Å²) in [6.45, 7) is 4.03. The molecule has 9 heteroatoms. The van der Waals surface area contributed by atoms with E-state index in [2.05, 4.69) is 5.32 Å². The van der Waals surface area contributed by atoms with Crippen molar-refractivity contribution in [3.8, 4) is 22.4 Å². The molecule has 1 aliphatic heterocycles. The van der Waals surface area contributed by atoms with Crippen LogP contribution in [0.15, 0.2) is 60.7 Å². The zero-order chi connectivity index (χ0) is 29.2. The van der Waals surface area contributed by atoms with Gasteiger partial charge in [0.15, 0.2) is 0 Å². The van der Waals surface area contributed by atoms with Crippen LogP contribution in [0.2, 0.25) is 0 Å². The molecule has 1 aliphatic carbocycles. The molecule has 0 bridgehead atoms. The Hall–Kier alpha value is -4.01. The van der Waals surface area contributed by atoms with Crippen LogP contribution in [0.3, 0.4) is 0 Å². The molecule has 0 unspecified atom stereocenters.